The molecule has 2 aromatic rings. The van der Waals surface area contributed by atoms with Crippen molar-refractivity contribution in [2.24, 2.45) is 10.9 Å². The molecule has 0 saturated carbocycles. The van der Waals surface area contributed by atoms with E-state index in [0.29, 0.717) is 18.1 Å². The van der Waals surface area contributed by atoms with Crippen molar-refractivity contribution in [3.05, 3.63) is 59.7 Å². The fourth-order valence-electron chi connectivity index (χ4n) is 2.34. The summed E-state index contributed by atoms with van der Waals surface area (Å²) in [5, 5.41) is 11.6. The Kier molecular flexibility index (Phi) is 4.01. The molecule has 108 valence electrons. The van der Waals surface area contributed by atoms with Crippen LogP contribution in [0.5, 0.6) is 5.75 Å². The number of ether oxygens (including phenoxy) is 1. The molecule has 0 aromatic heterocycles. The molecule has 1 aliphatic rings. The van der Waals surface area contributed by atoms with E-state index < -0.39 is 0 Å². The monoisotopic (exact) mass is 300 g/mol. The van der Waals surface area contributed by atoms with E-state index >= 15 is 0 Å². The molecule has 1 heterocycles. The third kappa shape index (κ3) is 2.97. The maximum absolute atomic E-state index is 8.63. The van der Waals surface area contributed by atoms with Gasteiger partial charge in [-0.2, -0.15) is 0 Å². The summed E-state index contributed by atoms with van der Waals surface area (Å²) in [6.45, 7) is 0.660. The van der Waals surface area contributed by atoms with Gasteiger partial charge in [-0.3, -0.25) is 0 Å². The summed E-state index contributed by atoms with van der Waals surface area (Å²) >= 11 is 1.88. The van der Waals surface area contributed by atoms with Gasteiger partial charge in [-0.1, -0.05) is 23.4 Å². The van der Waals surface area contributed by atoms with Crippen LogP contribution < -0.4 is 10.5 Å². The van der Waals surface area contributed by atoms with Crippen LogP contribution in [0.4, 0.5) is 0 Å². The van der Waals surface area contributed by atoms with Gasteiger partial charge in [0.1, 0.15) is 5.75 Å². The van der Waals surface area contributed by atoms with Gasteiger partial charge < -0.3 is 15.7 Å². The predicted octanol–water partition coefficient (Wildman–Crippen LogP) is 3.05. The van der Waals surface area contributed by atoms with Gasteiger partial charge in [-0.05, 0) is 35.9 Å². The molecule has 5 heteroatoms. The number of amidine groups is 1. The molecular weight excluding hydrogens is 284 g/mol. The minimum absolute atomic E-state index is 0.0997. The second-order valence-corrected chi connectivity index (χ2v) is 5.93. The molecule has 3 N–H and O–H groups in total. The number of hydrogen-bond acceptors (Lipinski definition) is 4. The van der Waals surface area contributed by atoms with E-state index in [1.807, 2.05) is 23.9 Å². The fraction of sp³-hybridized carbons (Fsp3) is 0.188. The van der Waals surface area contributed by atoms with Crippen molar-refractivity contribution in [2.75, 3.05) is 12.4 Å². The Hall–Kier alpha value is -2.14. The summed E-state index contributed by atoms with van der Waals surface area (Å²) in [6.07, 6.45) is 0. The van der Waals surface area contributed by atoms with Crippen LogP contribution in [0.25, 0.3) is 0 Å². The van der Waals surface area contributed by atoms with Crippen molar-refractivity contribution in [3.63, 3.8) is 0 Å². The lowest BCUT2D eigenvalue weighted by atomic mass is 10.0. The highest BCUT2D eigenvalue weighted by molar-refractivity contribution is 7.99. The molecule has 4 nitrogen and oxygen atoms in total. The van der Waals surface area contributed by atoms with Crippen molar-refractivity contribution in [2.45, 2.75) is 10.8 Å². The van der Waals surface area contributed by atoms with E-state index in [1.54, 1.807) is 12.1 Å². The van der Waals surface area contributed by atoms with Crippen LogP contribution in [-0.4, -0.2) is 23.4 Å². The summed E-state index contributed by atoms with van der Waals surface area (Å²) in [4.78, 5) is 1.35. The summed E-state index contributed by atoms with van der Waals surface area (Å²) in [5.41, 5.74) is 7.57. The highest BCUT2D eigenvalue weighted by Crippen LogP contribution is 2.39. The standard InChI is InChI=1S/C16H16N2O2S/c17-16(18-19)11-5-7-13(8-6-11)20-9-12-10-21-15-4-2-1-3-14(12)15/h1-8,12,19H,9-10H2,(H2,17,18). The van der Waals surface area contributed by atoms with Gasteiger partial charge >= 0.3 is 0 Å². The number of fused-ring (bicyclic) bond motifs is 1. The number of hydrogen-bond donors (Lipinski definition) is 2. The number of nitrogens with zero attached hydrogens (tertiary/aromatic N) is 1. The summed E-state index contributed by atoms with van der Waals surface area (Å²) in [6, 6.07) is 15.7. The Bertz CT molecular complexity index is 656. The Morgan fingerprint density at radius 1 is 1.24 bits per heavy atom. The summed E-state index contributed by atoms with van der Waals surface area (Å²) in [7, 11) is 0. The van der Waals surface area contributed by atoms with Crippen molar-refractivity contribution in [3.8, 4) is 5.75 Å². The molecule has 0 saturated heterocycles. The smallest absolute Gasteiger partial charge is 0.170 e. The lowest BCUT2D eigenvalue weighted by molar-refractivity contribution is 0.298. The van der Waals surface area contributed by atoms with Crippen molar-refractivity contribution < 1.29 is 9.94 Å². The van der Waals surface area contributed by atoms with Gasteiger partial charge in [-0.25, -0.2) is 0 Å². The highest BCUT2D eigenvalue weighted by atomic mass is 32.2. The normalized spacial score (nSPS) is 17.5. The Balaban J connectivity index is 1.64. The molecule has 21 heavy (non-hydrogen) atoms. The molecule has 0 fully saturated rings. The number of thioether (sulfide) groups is 1. The number of rotatable bonds is 4. The van der Waals surface area contributed by atoms with Crippen LogP contribution in [-0.2, 0) is 0 Å². The molecule has 2 aromatic carbocycles. The SMILES string of the molecule is NC(=NO)c1ccc(OCC2CSc3ccccc32)cc1. The first-order valence-corrected chi connectivity index (χ1v) is 7.69. The zero-order chi connectivity index (χ0) is 14.7. The summed E-state index contributed by atoms with van der Waals surface area (Å²) < 4.78 is 5.86. The average Bonchev–Trinajstić information content (AvgIpc) is 2.96. The maximum Gasteiger partial charge on any atom is 0.170 e. The zero-order valence-electron chi connectivity index (χ0n) is 11.4. The first-order valence-electron chi connectivity index (χ1n) is 6.70. The minimum atomic E-state index is 0.0997. The molecule has 3 rings (SSSR count). The molecule has 1 atom stereocenters. The predicted molar refractivity (Wildman–Crippen MR) is 84.4 cm³/mol. The average molecular weight is 300 g/mol. The van der Waals surface area contributed by atoms with Gasteiger partial charge in [0, 0.05) is 22.1 Å². The lowest BCUT2D eigenvalue weighted by Gasteiger charge is -2.12. The number of nitrogens with two attached hydrogens (primary N) is 1. The van der Waals surface area contributed by atoms with Crippen molar-refractivity contribution in [1.29, 1.82) is 0 Å². The van der Waals surface area contributed by atoms with Crippen LogP contribution in [0.3, 0.4) is 0 Å². The van der Waals surface area contributed by atoms with E-state index in [2.05, 4.69) is 29.4 Å². The van der Waals surface area contributed by atoms with Crippen LogP contribution in [0.2, 0.25) is 0 Å². The van der Waals surface area contributed by atoms with Gasteiger partial charge in [-0.15, -0.1) is 11.8 Å². The third-order valence-electron chi connectivity index (χ3n) is 3.51. The van der Waals surface area contributed by atoms with Crippen LogP contribution in [0, 0.1) is 0 Å². The minimum Gasteiger partial charge on any atom is -0.493 e. The van der Waals surface area contributed by atoms with Crippen molar-refractivity contribution >= 4 is 17.6 Å². The Morgan fingerprint density at radius 3 is 2.76 bits per heavy atom. The van der Waals surface area contributed by atoms with Crippen LogP contribution in [0.15, 0.2) is 58.6 Å². The third-order valence-corrected chi connectivity index (χ3v) is 4.76. The summed E-state index contributed by atoms with van der Waals surface area (Å²) in [5.74, 6) is 2.37. The van der Waals surface area contributed by atoms with Gasteiger partial charge in [0.2, 0.25) is 0 Å². The van der Waals surface area contributed by atoms with E-state index in [0.717, 1.165) is 11.5 Å². The van der Waals surface area contributed by atoms with E-state index in [1.165, 1.54) is 10.5 Å². The second kappa shape index (κ2) is 6.10. The molecule has 0 amide bonds. The van der Waals surface area contributed by atoms with Crippen LogP contribution in [0.1, 0.15) is 17.0 Å². The molecule has 1 aliphatic heterocycles. The fourth-order valence-corrected chi connectivity index (χ4v) is 3.58. The Labute approximate surface area is 127 Å². The molecule has 0 radical (unpaired) electrons. The van der Waals surface area contributed by atoms with Gasteiger partial charge in [0.05, 0.1) is 6.61 Å². The molecular formula is C16H16N2O2S. The van der Waals surface area contributed by atoms with Gasteiger partial charge in [0.15, 0.2) is 5.84 Å². The molecule has 0 aliphatic carbocycles. The molecule has 0 spiro atoms. The molecule has 1 unspecified atom stereocenters. The highest BCUT2D eigenvalue weighted by Gasteiger charge is 2.23. The number of oxime groups is 1. The van der Waals surface area contributed by atoms with E-state index in [9.17, 15) is 0 Å². The largest absolute Gasteiger partial charge is 0.493 e. The lowest BCUT2D eigenvalue weighted by Crippen LogP contribution is -2.13. The zero-order valence-corrected chi connectivity index (χ0v) is 12.2. The number of benzene rings is 2. The van der Waals surface area contributed by atoms with E-state index in [-0.39, 0.29) is 5.84 Å². The maximum atomic E-state index is 8.63. The van der Waals surface area contributed by atoms with E-state index in [4.69, 9.17) is 15.7 Å². The Morgan fingerprint density at radius 2 is 2.00 bits per heavy atom. The first-order chi connectivity index (χ1) is 10.3. The topological polar surface area (TPSA) is 67.8 Å². The van der Waals surface area contributed by atoms with Crippen LogP contribution >= 0.6 is 11.8 Å². The first kappa shape index (κ1) is 13.8. The quantitative estimate of drug-likeness (QED) is 0.394. The van der Waals surface area contributed by atoms with Crippen molar-refractivity contribution in [1.82, 2.24) is 0 Å². The molecule has 0 bridgehead atoms. The second-order valence-electron chi connectivity index (χ2n) is 4.87. The van der Waals surface area contributed by atoms with Gasteiger partial charge in [0.25, 0.3) is 0 Å².